The van der Waals surface area contributed by atoms with E-state index in [0.29, 0.717) is 11.3 Å². The molecule has 0 radical (unpaired) electrons. The van der Waals surface area contributed by atoms with E-state index in [2.05, 4.69) is 0 Å². The van der Waals surface area contributed by atoms with Gasteiger partial charge in [0.25, 0.3) is 0 Å². The number of rotatable bonds is 2. The predicted molar refractivity (Wildman–Crippen MR) is 68.5 cm³/mol. The molecule has 2 N–H and O–H groups in total. The Morgan fingerprint density at radius 1 is 1.44 bits per heavy atom. The van der Waals surface area contributed by atoms with E-state index >= 15 is 0 Å². The normalized spacial score (nSPS) is 11.2. The number of nitrogen functional groups attached to an aromatic ring is 1. The number of amides is 1. The summed E-state index contributed by atoms with van der Waals surface area (Å²) in [6.45, 7) is 5.68. The highest BCUT2D eigenvalue weighted by Crippen LogP contribution is 2.21. The van der Waals surface area contributed by atoms with Crippen molar-refractivity contribution >= 4 is 11.8 Å². The van der Waals surface area contributed by atoms with Crippen LogP contribution in [0.4, 0.5) is 14.9 Å². The van der Waals surface area contributed by atoms with Gasteiger partial charge in [0.15, 0.2) is 0 Å². The zero-order valence-corrected chi connectivity index (χ0v) is 11.2. The van der Waals surface area contributed by atoms with Crippen LogP contribution in [0.5, 0.6) is 0 Å². The standard InChI is InChI=1S/C13H19FN2O2/c1-13(2,3)16(12(17)18-4)8-9-7-10(15)5-6-11(9)14/h5-7H,8,15H2,1-4H3. The Bertz CT molecular complexity index is 441. The molecule has 0 saturated heterocycles. The van der Waals surface area contributed by atoms with Crippen LogP contribution in [0.25, 0.3) is 0 Å². The summed E-state index contributed by atoms with van der Waals surface area (Å²) in [5.74, 6) is -0.387. The van der Waals surface area contributed by atoms with Crippen LogP contribution in [0.15, 0.2) is 18.2 Å². The Morgan fingerprint density at radius 2 is 2.06 bits per heavy atom. The first-order valence-corrected chi connectivity index (χ1v) is 5.65. The van der Waals surface area contributed by atoms with Gasteiger partial charge in [-0.1, -0.05) is 0 Å². The summed E-state index contributed by atoms with van der Waals surface area (Å²) in [6.07, 6.45) is -0.496. The molecule has 0 aliphatic rings. The van der Waals surface area contributed by atoms with E-state index in [4.69, 9.17) is 10.5 Å². The molecular formula is C13H19FN2O2. The van der Waals surface area contributed by atoms with Crippen LogP contribution in [0.3, 0.4) is 0 Å². The average Bonchev–Trinajstić information content (AvgIpc) is 2.27. The molecule has 0 aromatic heterocycles. The Morgan fingerprint density at radius 3 is 2.56 bits per heavy atom. The number of methoxy groups -OCH3 is 1. The molecular weight excluding hydrogens is 235 g/mol. The van der Waals surface area contributed by atoms with Gasteiger partial charge in [-0.05, 0) is 39.0 Å². The second kappa shape index (κ2) is 5.25. The Labute approximate surface area is 107 Å². The maximum Gasteiger partial charge on any atom is 0.410 e. The minimum Gasteiger partial charge on any atom is -0.453 e. The number of halogens is 1. The van der Waals surface area contributed by atoms with Gasteiger partial charge >= 0.3 is 6.09 Å². The average molecular weight is 254 g/mol. The lowest BCUT2D eigenvalue weighted by Crippen LogP contribution is -2.45. The van der Waals surface area contributed by atoms with Gasteiger partial charge in [-0.3, -0.25) is 4.90 Å². The molecule has 0 bridgehead atoms. The molecule has 1 aromatic rings. The van der Waals surface area contributed by atoms with Crippen molar-refractivity contribution in [3.63, 3.8) is 0 Å². The fraction of sp³-hybridized carbons (Fsp3) is 0.462. The molecule has 1 rings (SSSR count). The molecule has 4 nitrogen and oxygen atoms in total. The van der Waals surface area contributed by atoms with Crippen LogP contribution in [0.2, 0.25) is 0 Å². The second-order valence-electron chi connectivity index (χ2n) is 5.08. The summed E-state index contributed by atoms with van der Waals surface area (Å²) < 4.78 is 18.4. The topological polar surface area (TPSA) is 55.6 Å². The highest BCUT2D eigenvalue weighted by molar-refractivity contribution is 5.68. The molecule has 5 heteroatoms. The first-order chi connectivity index (χ1) is 8.25. The van der Waals surface area contributed by atoms with Crippen LogP contribution >= 0.6 is 0 Å². The van der Waals surface area contributed by atoms with Crippen molar-refractivity contribution in [1.82, 2.24) is 4.90 Å². The van der Waals surface area contributed by atoms with Crippen LogP contribution in [-0.2, 0) is 11.3 Å². The minimum absolute atomic E-state index is 0.118. The van der Waals surface area contributed by atoms with Gasteiger partial charge < -0.3 is 10.5 Å². The maximum absolute atomic E-state index is 13.7. The molecule has 18 heavy (non-hydrogen) atoms. The van der Waals surface area contributed by atoms with E-state index < -0.39 is 11.6 Å². The maximum atomic E-state index is 13.7. The number of nitrogens with zero attached hydrogens (tertiary/aromatic N) is 1. The highest BCUT2D eigenvalue weighted by atomic mass is 19.1. The molecule has 0 aliphatic carbocycles. The van der Waals surface area contributed by atoms with E-state index in [9.17, 15) is 9.18 Å². The second-order valence-corrected chi connectivity index (χ2v) is 5.08. The number of ether oxygens (including phenoxy) is 1. The lowest BCUT2D eigenvalue weighted by Gasteiger charge is -2.34. The van der Waals surface area contributed by atoms with E-state index in [0.717, 1.165) is 0 Å². The number of hydrogen-bond acceptors (Lipinski definition) is 3. The first kappa shape index (κ1) is 14.3. The number of nitrogens with two attached hydrogens (primary N) is 1. The zero-order valence-electron chi connectivity index (χ0n) is 11.2. The molecule has 0 fully saturated rings. The summed E-state index contributed by atoms with van der Waals surface area (Å²) in [6, 6.07) is 4.30. The summed E-state index contributed by atoms with van der Waals surface area (Å²) in [5.41, 5.74) is 5.99. The van der Waals surface area contributed by atoms with Crippen molar-refractivity contribution in [2.75, 3.05) is 12.8 Å². The van der Waals surface area contributed by atoms with Crippen molar-refractivity contribution < 1.29 is 13.9 Å². The van der Waals surface area contributed by atoms with Crippen LogP contribution in [0.1, 0.15) is 26.3 Å². The summed E-state index contributed by atoms with van der Waals surface area (Å²) >= 11 is 0. The third-order valence-electron chi connectivity index (χ3n) is 2.60. The lowest BCUT2D eigenvalue weighted by molar-refractivity contribution is 0.0787. The number of hydrogen-bond donors (Lipinski definition) is 1. The first-order valence-electron chi connectivity index (χ1n) is 5.65. The summed E-state index contributed by atoms with van der Waals surface area (Å²) in [4.78, 5) is 13.2. The zero-order chi connectivity index (χ0) is 13.9. The Balaban J connectivity index is 3.03. The number of anilines is 1. The third-order valence-corrected chi connectivity index (χ3v) is 2.60. The molecule has 100 valence electrons. The van der Waals surface area contributed by atoms with E-state index in [1.54, 1.807) is 0 Å². The quantitative estimate of drug-likeness (QED) is 0.826. The monoisotopic (exact) mass is 254 g/mol. The fourth-order valence-electron chi connectivity index (χ4n) is 1.57. The van der Waals surface area contributed by atoms with Crippen molar-refractivity contribution in [3.05, 3.63) is 29.6 Å². The fourth-order valence-corrected chi connectivity index (χ4v) is 1.57. The van der Waals surface area contributed by atoms with Gasteiger partial charge in [0.05, 0.1) is 13.7 Å². The van der Waals surface area contributed by atoms with Gasteiger partial charge in [-0.15, -0.1) is 0 Å². The smallest absolute Gasteiger partial charge is 0.410 e. The van der Waals surface area contributed by atoms with Gasteiger partial charge in [0.2, 0.25) is 0 Å². The SMILES string of the molecule is COC(=O)N(Cc1cc(N)ccc1F)C(C)(C)C. The van der Waals surface area contributed by atoms with E-state index in [1.807, 2.05) is 20.8 Å². The van der Waals surface area contributed by atoms with Gasteiger partial charge in [-0.2, -0.15) is 0 Å². The van der Waals surface area contributed by atoms with Crippen molar-refractivity contribution in [1.29, 1.82) is 0 Å². The minimum atomic E-state index is -0.496. The Hall–Kier alpha value is -1.78. The molecule has 0 saturated carbocycles. The van der Waals surface area contributed by atoms with Crippen LogP contribution in [0, 0.1) is 5.82 Å². The van der Waals surface area contributed by atoms with Crippen molar-refractivity contribution in [2.24, 2.45) is 0 Å². The lowest BCUT2D eigenvalue weighted by atomic mass is 10.0. The molecule has 0 atom stereocenters. The largest absolute Gasteiger partial charge is 0.453 e. The third kappa shape index (κ3) is 3.35. The molecule has 1 amide bonds. The van der Waals surface area contributed by atoms with Gasteiger partial charge in [-0.25, -0.2) is 9.18 Å². The molecule has 0 heterocycles. The number of benzene rings is 1. The summed E-state index contributed by atoms with van der Waals surface area (Å²) in [5, 5.41) is 0. The number of carbonyl (C=O) groups excluding carboxylic acids is 1. The van der Waals surface area contributed by atoms with Crippen molar-refractivity contribution in [2.45, 2.75) is 32.9 Å². The van der Waals surface area contributed by atoms with Crippen LogP contribution < -0.4 is 5.73 Å². The Kier molecular flexibility index (Phi) is 4.16. The van der Waals surface area contributed by atoms with Gasteiger partial charge in [0.1, 0.15) is 5.82 Å². The van der Waals surface area contributed by atoms with E-state index in [-0.39, 0.29) is 12.4 Å². The highest BCUT2D eigenvalue weighted by Gasteiger charge is 2.28. The van der Waals surface area contributed by atoms with Crippen LogP contribution in [-0.4, -0.2) is 23.6 Å². The van der Waals surface area contributed by atoms with Gasteiger partial charge in [0, 0.05) is 16.8 Å². The van der Waals surface area contributed by atoms with Crippen molar-refractivity contribution in [3.8, 4) is 0 Å². The molecule has 0 aliphatic heterocycles. The summed E-state index contributed by atoms with van der Waals surface area (Å²) in [7, 11) is 1.30. The molecule has 0 spiro atoms. The predicted octanol–water partition coefficient (Wildman–Crippen LogP) is 2.77. The molecule has 1 aromatic carbocycles. The number of carbonyl (C=O) groups is 1. The molecule has 0 unspecified atom stereocenters. The van der Waals surface area contributed by atoms with E-state index in [1.165, 1.54) is 30.2 Å².